The highest BCUT2D eigenvalue weighted by atomic mass is 15.1. The molecule has 1 aliphatic rings. The minimum absolute atomic E-state index is 0.609. The van der Waals surface area contributed by atoms with Gasteiger partial charge in [-0.05, 0) is 42.3 Å². The van der Waals surface area contributed by atoms with Gasteiger partial charge in [0.2, 0.25) is 0 Å². The number of nitrogens with one attached hydrogen (secondary N) is 1. The zero-order valence-corrected chi connectivity index (χ0v) is 14.2. The van der Waals surface area contributed by atoms with E-state index in [1.165, 1.54) is 30.5 Å². The molecule has 2 nitrogen and oxygen atoms in total. The maximum atomic E-state index is 3.62. The Morgan fingerprint density at radius 3 is 2.33 bits per heavy atom. The Morgan fingerprint density at radius 1 is 1.14 bits per heavy atom. The third-order valence-electron chi connectivity index (χ3n) is 4.32. The molecule has 1 aromatic rings. The van der Waals surface area contributed by atoms with Crippen molar-refractivity contribution in [3.8, 4) is 0 Å². The Bertz CT molecular complexity index is 406. The largest absolute Gasteiger partial charge is 0.313 e. The first-order valence-electron chi connectivity index (χ1n) is 8.63. The average Bonchev–Trinajstić information content (AvgIpc) is 3.28. The van der Waals surface area contributed by atoms with E-state index < -0.39 is 0 Å². The Morgan fingerprint density at radius 2 is 1.81 bits per heavy atom. The smallest absolute Gasteiger partial charge is 0.0233 e. The van der Waals surface area contributed by atoms with Gasteiger partial charge in [-0.25, -0.2) is 0 Å². The van der Waals surface area contributed by atoms with Crippen LogP contribution in [0, 0.1) is 5.92 Å². The van der Waals surface area contributed by atoms with Crippen LogP contribution < -0.4 is 5.32 Å². The number of rotatable bonds is 9. The van der Waals surface area contributed by atoms with Crippen molar-refractivity contribution < 1.29 is 0 Å². The van der Waals surface area contributed by atoms with E-state index in [1.807, 2.05) is 0 Å². The fourth-order valence-electron chi connectivity index (χ4n) is 2.78. The third-order valence-corrected chi connectivity index (χ3v) is 4.32. The second-order valence-electron chi connectivity index (χ2n) is 7.05. The first-order valence-corrected chi connectivity index (χ1v) is 8.63. The molecular weight excluding hydrogens is 256 g/mol. The van der Waals surface area contributed by atoms with Gasteiger partial charge >= 0.3 is 0 Å². The van der Waals surface area contributed by atoms with Gasteiger partial charge in [0.05, 0.1) is 0 Å². The van der Waals surface area contributed by atoms with Crippen molar-refractivity contribution in [2.75, 3.05) is 19.6 Å². The van der Waals surface area contributed by atoms with Crippen molar-refractivity contribution in [2.45, 2.75) is 59.0 Å². The van der Waals surface area contributed by atoms with E-state index in [-0.39, 0.29) is 0 Å². The maximum absolute atomic E-state index is 3.62. The first kappa shape index (κ1) is 16.5. The van der Waals surface area contributed by atoms with Gasteiger partial charge < -0.3 is 5.32 Å². The topological polar surface area (TPSA) is 15.3 Å². The number of hydrogen-bond donors (Lipinski definition) is 1. The summed E-state index contributed by atoms with van der Waals surface area (Å²) in [5, 5.41) is 3.62. The lowest BCUT2D eigenvalue weighted by atomic mass is 9.99. The third kappa shape index (κ3) is 5.80. The van der Waals surface area contributed by atoms with Crippen LogP contribution in [0.3, 0.4) is 0 Å². The van der Waals surface area contributed by atoms with E-state index in [0.29, 0.717) is 5.92 Å². The molecule has 0 amide bonds. The number of nitrogens with zero attached hydrogens (tertiary/aromatic N) is 1. The molecule has 21 heavy (non-hydrogen) atoms. The van der Waals surface area contributed by atoms with Gasteiger partial charge in [0, 0.05) is 25.7 Å². The van der Waals surface area contributed by atoms with E-state index in [2.05, 4.69) is 62.2 Å². The van der Waals surface area contributed by atoms with Crippen molar-refractivity contribution in [1.29, 1.82) is 0 Å². The second kappa shape index (κ2) is 7.95. The van der Waals surface area contributed by atoms with Crippen LogP contribution in [0.2, 0.25) is 0 Å². The summed E-state index contributed by atoms with van der Waals surface area (Å²) in [5.41, 5.74) is 2.89. The van der Waals surface area contributed by atoms with Crippen LogP contribution in [0.5, 0.6) is 0 Å². The van der Waals surface area contributed by atoms with Crippen LogP contribution in [0.4, 0.5) is 0 Å². The summed E-state index contributed by atoms with van der Waals surface area (Å²) in [6.45, 7) is 13.6. The van der Waals surface area contributed by atoms with Crippen LogP contribution in [-0.2, 0) is 6.54 Å². The zero-order valence-electron chi connectivity index (χ0n) is 14.2. The summed E-state index contributed by atoms with van der Waals surface area (Å²) in [7, 11) is 0. The normalized spacial score (nSPS) is 16.7. The molecule has 0 aliphatic heterocycles. The fourth-order valence-corrected chi connectivity index (χ4v) is 2.78. The molecule has 0 radical (unpaired) electrons. The molecule has 0 spiro atoms. The van der Waals surface area contributed by atoms with Crippen molar-refractivity contribution in [1.82, 2.24) is 10.2 Å². The standard InChI is InChI=1S/C19H32N2/c1-5-21(13-15(2)3)14-17-6-8-18(9-7-17)16(4)12-20-19-10-11-19/h6-9,15-16,19-20H,5,10-14H2,1-4H3. The van der Waals surface area contributed by atoms with Crippen molar-refractivity contribution in [2.24, 2.45) is 5.92 Å². The Labute approximate surface area is 130 Å². The lowest BCUT2D eigenvalue weighted by molar-refractivity contribution is 0.248. The number of hydrogen-bond acceptors (Lipinski definition) is 2. The van der Waals surface area contributed by atoms with Crippen LogP contribution in [0.1, 0.15) is 57.6 Å². The first-order chi connectivity index (χ1) is 10.1. The van der Waals surface area contributed by atoms with E-state index in [0.717, 1.165) is 31.6 Å². The number of benzene rings is 1. The highest BCUT2D eigenvalue weighted by molar-refractivity contribution is 5.25. The Balaban J connectivity index is 1.84. The predicted molar refractivity (Wildman–Crippen MR) is 91.7 cm³/mol. The van der Waals surface area contributed by atoms with Crippen LogP contribution in [-0.4, -0.2) is 30.6 Å². The van der Waals surface area contributed by atoms with Gasteiger partial charge in [0.1, 0.15) is 0 Å². The molecule has 1 N–H and O–H groups in total. The van der Waals surface area contributed by atoms with Gasteiger partial charge in [-0.15, -0.1) is 0 Å². The summed E-state index contributed by atoms with van der Waals surface area (Å²) < 4.78 is 0. The van der Waals surface area contributed by atoms with Gasteiger partial charge in [-0.2, -0.15) is 0 Å². The molecule has 1 atom stereocenters. The summed E-state index contributed by atoms with van der Waals surface area (Å²) in [5.74, 6) is 1.34. The fraction of sp³-hybridized carbons (Fsp3) is 0.684. The van der Waals surface area contributed by atoms with E-state index in [9.17, 15) is 0 Å². The predicted octanol–water partition coefficient (Wildman–Crippen LogP) is 4.02. The molecule has 0 bridgehead atoms. The maximum Gasteiger partial charge on any atom is 0.0233 e. The average molecular weight is 288 g/mol. The lowest BCUT2D eigenvalue weighted by Gasteiger charge is -2.23. The second-order valence-corrected chi connectivity index (χ2v) is 7.05. The van der Waals surface area contributed by atoms with Crippen molar-refractivity contribution in [3.63, 3.8) is 0 Å². The Kier molecular flexibility index (Phi) is 6.25. The SMILES string of the molecule is CCN(Cc1ccc(C(C)CNC2CC2)cc1)CC(C)C. The van der Waals surface area contributed by atoms with Gasteiger partial charge in [-0.1, -0.05) is 52.0 Å². The lowest BCUT2D eigenvalue weighted by Crippen LogP contribution is -2.27. The highest BCUT2D eigenvalue weighted by Crippen LogP contribution is 2.21. The van der Waals surface area contributed by atoms with E-state index in [4.69, 9.17) is 0 Å². The highest BCUT2D eigenvalue weighted by Gasteiger charge is 2.21. The summed E-state index contributed by atoms with van der Waals surface area (Å²) in [4.78, 5) is 2.53. The quantitative estimate of drug-likeness (QED) is 0.738. The van der Waals surface area contributed by atoms with E-state index in [1.54, 1.807) is 0 Å². The van der Waals surface area contributed by atoms with Crippen molar-refractivity contribution in [3.05, 3.63) is 35.4 Å². The molecule has 1 aromatic carbocycles. The summed E-state index contributed by atoms with van der Waals surface area (Å²) in [6, 6.07) is 10.1. The molecule has 1 aliphatic carbocycles. The van der Waals surface area contributed by atoms with Crippen molar-refractivity contribution >= 4 is 0 Å². The monoisotopic (exact) mass is 288 g/mol. The molecule has 0 aromatic heterocycles. The molecule has 2 rings (SSSR count). The van der Waals surface area contributed by atoms with E-state index >= 15 is 0 Å². The molecule has 118 valence electrons. The molecule has 2 heteroatoms. The molecule has 1 unspecified atom stereocenters. The summed E-state index contributed by atoms with van der Waals surface area (Å²) >= 11 is 0. The van der Waals surface area contributed by atoms with Gasteiger partial charge in [0.25, 0.3) is 0 Å². The zero-order chi connectivity index (χ0) is 15.2. The molecular formula is C19H32N2. The molecule has 1 fully saturated rings. The summed E-state index contributed by atoms with van der Waals surface area (Å²) in [6.07, 6.45) is 2.74. The minimum Gasteiger partial charge on any atom is -0.313 e. The Hall–Kier alpha value is -0.860. The van der Waals surface area contributed by atoms with Crippen LogP contribution >= 0.6 is 0 Å². The molecule has 1 saturated carbocycles. The van der Waals surface area contributed by atoms with Gasteiger partial charge in [0.15, 0.2) is 0 Å². The van der Waals surface area contributed by atoms with Crippen LogP contribution in [0.15, 0.2) is 24.3 Å². The minimum atomic E-state index is 0.609. The molecule has 0 heterocycles. The molecule has 0 saturated heterocycles. The van der Waals surface area contributed by atoms with Gasteiger partial charge in [-0.3, -0.25) is 4.90 Å². The van der Waals surface area contributed by atoms with Crippen LogP contribution in [0.25, 0.3) is 0 Å².